The van der Waals surface area contributed by atoms with Gasteiger partial charge < -0.3 is 4.52 Å². The van der Waals surface area contributed by atoms with Gasteiger partial charge in [0.15, 0.2) is 0 Å². The Bertz CT molecular complexity index is 594. The minimum Gasteiger partial charge on any atom is -0.338 e. The molecule has 2 aromatic rings. The molecular formula is C13H18N6O2. The Hall–Kier alpha value is -2.22. The van der Waals surface area contributed by atoms with Gasteiger partial charge in [-0.2, -0.15) is 5.10 Å². The summed E-state index contributed by atoms with van der Waals surface area (Å²) in [5.41, 5.74) is 0.746. The number of anilines is 1. The molecule has 0 saturated carbocycles. The minimum atomic E-state index is -0.0864. The van der Waals surface area contributed by atoms with E-state index in [4.69, 9.17) is 4.52 Å². The van der Waals surface area contributed by atoms with E-state index in [0.717, 1.165) is 31.6 Å². The maximum absolute atomic E-state index is 12.1. The van der Waals surface area contributed by atoms with Crippen molar-refractivity contribution in [1.82, 2.24) is 24.8 Å². The van der Waals surface area contributed by atoms with Crippen LogP contribution in [0.1, 0.15) is 18.5 Å². The fourth-order valence-electron chi connectivity index (χ4n) is 2.64. The van der Waals surface area contributed by atoms with Crippen LogP contribution in [0.4, 0.5) is 5.88 Å². The maximum atomic E-state index is 12.1. The van der Waals surface area contributed by atoms with Crippen molar-refractivity contribution in [3.05, 3.63) is 24.4 Å². The molecule has 1 aliphatic rings. The number of aryl methyl sites for hydroxylation is 1. The van der Waals surface area contributed by atoms with E-state index in [-0.39, 0.29) is 5.91 Å². The van der Waals surface area contributed by atoms with Gasteiger partial charge in [-0.25, -0.2) is 4.98 Å². The molecule has 0 spiro atoms. The van der Waals surface area contributed by atoms with Crippen LogP contribution in [0.15, 0.2) is 23.2 Å². The van der Waals surface area contributed by atoms with Gasteiger partial charge in [-0.15, -0.1) is 0 Å². The zero-order valence-electron chi connectivity index (χ0n) is 11.9. The lowest BCUT2D eigenvalue weighted by Crippen LogP contribution is -2.39. The van der Waals surface area contributed by atoms with Crippen molar-refractivity contribution in [2.24, 2.45) is 0 Å². The van der Waals surface area contributed by atoms with Gasteiger partial charge in [-0.1, -0.05) is 5.16 Å². The fourth-order valence-corrected chi connectivity index (χ4v) is 2.64. The summed E-state index contributed by atoms with van der Waals surface area (Å²) in [6, 6.07) is 2.02. The van der Waals surface area contributed by atoms with Crippen molar-refractivity contribution in [1.29, 1.82) is 0 Å². The van der Waals surface area contributed by atoms with Crippen LogP contribution in [-0.4, -0.2) is 49.9 Å². The summed E-state index contributed by atoms with van der Waals surface area (Å²) in [4.78, 5) is 18.2. The fraction of sp³-hybridized carbons (Fsp3) is 0.538. The number of carbonyl (C=O) groups is 1. The number of rotatable bonds is 5. The van der Waals surface area contributed by atoms with Gasteiger partial charge in [-0.05, 0) is 26.3 Å². The van der Waals surface area contributed by atoms with Crippen molar-refractivity contribution in [3.8, 4) is 0 Å². The first-order chi connectivity index (χ1) is 10.2. The van der Waals surface area contributed by atoms with Crippen LogP contribution >= 0.6 is 0 Å². The van der Waals surface area contributed by atoms with Gasteiger partial charge in [0.2, 0.25) is 11.8 Å². The van der Waals surface area contributed by atoms with Crippen molar-refractivity contribution < 1.29 is 9.32 Å². The first-order valence-electron chi connectivity index (χ1n) is 7.00. The van der Waals surface area contributed by atoms with E-state index in [1.54, 1.807) is 17.1 Å². The van der Waals surface area contributed by atoms with E-state index >= 15 is 0 Å². The molecule has 3 rings (SSSR count). The van der Waals surface area contributed by atoms with Gasteiger partial charge in [0, 0.05) is 12.1 Å². The minimum absolute atomic E-state index is 0.0864. The number of amides is 1. The average Bonchev–Trinajstić information content (AvgIpc) is 3.15. The second-order valence-electron chi connectivity index (χ2n) is 5.26. The maximum Gasteiger partial charge on any atom is 0.240 e. The van der Waals surface area contributed by atoms with Crippen molar-refractivity contribution in [2.75, 3.05) is 18.4 Å². The Morgan fingerprint density at radius 1 is 1.57 bits per heavy atom. The van der Waals surface area contributed by atoms with Crippen LogP contribution in [0, 0.1) is 6.92 Å². The second-order valence-corrected chi connectivity index (χ2v) is 5.26. The molecule has 1 amide bonds. The normalized spacial score (nSPS) is 19.0. The summed E-state index contributed by atoms with van der Waals surface area (Å²) in [5.74, 6) is 0.307. The van der Waals surface area contributed by atoms with Crippen LogP contribution in [0.5, 0.6) is 0 Å². The molecular weight excluding hydrogens is 272 g/mol. The van der Waals surface area contributed by atoms with Gasteiger partial charge in [0.25, 0.3) is 0 Å². The molecule has 1 N–H and O–H groups in total. The van der Waals surface area contributed by atoms with E-state index in [0.29, 0.717) is 18.5 Å². The molecule has 112 valence electrons. The first-order valence-corrected chi connectivity index (χ1v) is 7.00. The molecule has 0 unspecified atom stereocenters. The third kappa shape index (κ3) is 3.46. The third-order valence-corrected chi connectivity index (χ3v) is 3.60. The van der Waals surface area contributed by atoms with E-state index in [1.165, 1.54) is 6.33 Å². The summed E-state index contributed by atoms with van der Waals surface area (Å²) in [6.45, 7) is 3.84. The number of nitrogens with one attached hydrogen (secondary N) is 1. The molecule has 3 heterocycles. The molecule has 1 fully saturated rings. The standard InChI is InChI=1S/C13H18N6O2/c1-10-5-13(21-17-10)16-12(20)7-18-4-2-3-11(18)6-19-9-14-8-15-19/h5,8-9,11H,2-4,6-7H2,1H3,(H,16,20)/t11-/m1/s1. The monoisotopic (exact) mass is 290 g/mol. The van der Waals surface area contributed by atoms with Crippen LogP contribution in [-0.2, 0) is 11.3 Å². The lowest BCUT2D eigenvalue weighted by atomic mass is 10.2. The number of nitrogens with zero attached hydrogens (tertiary/aromatic N) is 5. The Labute approximate surface area is 122 Å². The molecule has 8 heteroatoms. The molecule has 0 bridgehead atoms. The van der Waals surface area contributed by atoms with E-state index in [2.05, 4.69) is 25.5 Å². The third-order valence-electron chi connectivity index (χ3n) is 3.60. The first kappa shape index (κ1) is 13.7. The van der Waals surface area contributed by atoms with Gasteiger partial charge in [0.05, 0.1) is 18.8 Å². The average molecular weight is 290 g/mol. The number of aromatic nitrogens is 4. The lowest BCUT2D eigenvalue weighted by Gasteiger charge is -2.23. The van der Waals surface area contributed by atoms with Gasteiger partial charge in [0.1, 0.15) is 12.7 Å². The second kappa shape index (κ2) is 6.04. The molecule has 1 atom stereocenters. The highest BCUT2D eigenvalue weighted by molar-refractivity contribution is 5.91. The predicted octanol–water partition coefficient (Wildman–Crippen LogP) is 0.678. The van der Waals surface area contributed by atoms with Crippen molar-refractivity contribution in [2.45, 2.75) is 32.4 Å². The van der Waals surface area contributed by atoms with Crippen LogP contribution in [0.3, 0.4) is 0 Å². The molecule has 0 aromatic carbocycles. The Morgan fingerprint density at radius 2 is 2.48 bits per heavy atom. The van der Waals surface area contributed by atoms with Gasteiger partial charge in [-0.3, -0.25) is 19.7 Å². The Morgan fingerprint density at radius 3 is 3.19 bits per heavy atom. The van der Waals surface area contributed by atoms with Crippen LogP contribution in [0.25, 0.3) is 0 Å². The van der Waals surface area contributed by atoms with Crippen LogP contribution < -0.4 is 5.32 Å². The Balaban J connectivity index is 1.54. The number of carbonyl (C=O) groups excluding carboxylic acids is 1. The smallest absolute Gasteiger partial charge is 0.240 e. The molecule has 8 nitrogen and oxygen atoms in total. The topological polar surface area (TPSA) is 89.1 Å². The summed E-state index contributed by atoms with van der Waals surface area (Å²) >= 11 is 0. The summed E-state index contributed by atoms with van der Waals surface area (Å²) in [6.07, 6.45) is 5.38. The number of hydrogen-bond donors (Lipinski definition) is 1. The zero-order valence-corrected chi connectivity index (χ0v) is 11.9. The molecule has 21 heavy (non-hydrogen) atoms. The van der Waals surface area contributed by atoms with E-state index in [1.807, 2.05) is 6.92 Å². The highest BCUT2D eigenvalue weighted by Crippen LogP contribution is 2.18. The number of likely N-dealkylation sites (tertiary alicyclic amines) is 1. The lowest BCUT2D eigenvalue weighted by molar-refractivity contribution is -0.117. The highest BCUT2D eigenvalue weighted by Gasteiger charge is 2.27. The number of hydrogen-bond acceptors (Lipinski definition) is 6. The van der Waals surface area contributed by atoms with Crippen LogP contribution in [0.2, 0.25) is 0 Å². The molecule has 1 aliphatic heterocycles. The summed E-state index contributed by atoms with van der Waals surface area (Å²) < 4.78 is 6.79. The molecule has 0 aliphatic carbocycles. The molecule has 0 radical (unpaired) electrons. The summed E-state index contributed by atoms with van der Waals surface area (Å²) in [7, 11) is 0. The SMILES string of the molecule is Cc1cc(NC(=O)CN2CCC[C@@H]2Cn2cncn2)on1. The van der Waals surface area contributed by atoms with E-state index in [9.17, 15) is 4.79 Å². The van der Waals surface area contributed by atoms with Crippen molar-refractivity contribution >= 4 is 11.8 Å². The molecule has 2 aromatic heterocycles. The highest BCUT2D eigenvalue weighted by atomic mass is 16.5. The zero-order chi connectivity index (χ0) is 14.7. The Kier molecular flexibility index (Phi) is 3.96. The van der Waals surface area contributed by atoms with Gasteiger partial charge >= 0.3 is 0 Å². The molecule has 1 saturated heterocycles. The summed E-state index contributed by atoms with van der Waals surface area (Å²) in [5, 5.41) is 10.6. The van der Waals surface area contributed by atoms with E-state index < -0.39 is 0 Å². The van der Waals surface area contributed by atoms with Crippen molar-refractivity contribution in [3.63, 3.8) is 0 Å². The quantitative estimate of drug-likeness (QED) is 0.871. The predicted molar refractivity (Wildman–Crippen MR) is 74.5 cm³/mol. The largest absolute Gasteiger partial charge is 0.338 e.